The molecule has 1 aromatic carbocycles. The van der Waals surface area contributed by atoms with Gasteiger partial charge in [-0.25, -0.2) is 17.5 Å². The Hall–Kier alpha value is -1.44. The minimum Gasteiger partial charge on any atom is -0.478 e. The smallest absolute Gasteiger partial charge is 0.335 e. The van der Waals surface area contributed by atoms with Crippen molar-refractivity contribution in [2.24, 2.45) is 5.92 Å². The lowest BCUT2D eigenvalue weighted by molar-refractivity contribution is 0.0696. The Bertz CT molecular complexity index is 614. The lowest BCUT2D eigenvalue weighted by Gasteiger charge is -2.16. The fourth-order valence-corrected chi connectivity index (χ4v) is 4.12. The van der Waals surface area contributed by atoms with Crippen molar-refractivity contribution in [3.8, 4) is 0 Å². The Labute approximate surface area is 124 Å². The lowest BCUT2D eigenvalue weighted by Crippen LogP contribution is -2.30. The number of hydrogen-bond donors (Lipinski definition) is 1. The molecule has 1 fully saturated rings. The van der Waals surface area contributed by atoms with E-state index < -0.39 is 16.0 Å². The molecule has 1 aliphatic heterocycles. The molecule has 0 bridgehead atoms. The highest BCUT2D eigenvalue weighted by Gasteiger charge is 2.31. The molecule has 0 spiro atoms. The van der Waals surface area contributed by atoms with Crippen LogP contribution in [0, 0.1) is 5.92 Å². The first kappa shape index (κ1) is 15.9. The van der Waals surface area contributed by atoms with Crippen LogP contribution < -0.4 is 0 Å². The second kappa shape index (κ2) is 6.55. The van der Waals surface area contributed by atoms with E-state index >= 15 is 0 Å². The highest BCUT2D eigenvalue weighted by atomic mass is 32.2. The van der Waals surface area contributed by atoms with E-state index in [0.29, 0.717) is 25.3 Å². The van der Waals surface area contributed by atoms with E-state index in [2.05, 4.69) is 0 Å². The Balaban J connectivity index is 2.08. The fraction of sp³-hybridized carbons (Fsp3) is 0.500. The van der Waals surface area contributed by atoms with Crippen molar-refractivity contribution in [2.75, 3.05) is 26.8 Å². The van der Waals surface area contributed by atoms with Crippen molar-refractivity contribution in [3.05, 3.63) is 35.4 Å². The molecule has 1 unspecified atom stereocenters. The molecule has 1 heterocycles. The summed E-state index contributed by atoms with van der Waals surface area (Å²) in [6.45, 7) is 1.52. The van der Waals surface area contributed by atoms with Crippen LogP contribution >= 0.6 is 0 Å². The Morgan fingerprint density at radius 1 is 1.48 bits per heavy atom. The molecule has 0 radical (unpaired) electrons. The van der Waals surface area contributed by atoms with Crippen LogP contribution in [0.2, 0.25) is 0 Å². The molecule has 6 nitrogen and oxygen atoms in total. The summed E-state index contributed by atoms with van der Waals surface area (Å²) in [6, 6.07) is 6.05. The molecule has 1 aliphatic rings. The van der Waals surface area contributed by atoms with Gasteiger partial charge < -0.3 is 9.84 Å². The summed E-state index contributed by atoms with van der Waals surface area (Å²) in [6.07, 6.45) is 0.794. The predicted octanol–water partition coefficient (Wildman–Crippen LogP) is 1.18. The van der Waals surface area contributed by atoms with Crippen LogP contribution in [0.25, 0.3) is 0 Å². The zero-order chi connectivity index (χ0) is 15.5. The first-order valence-corrected chi connectivity index (χ1v) is 8.32. The number of aromatic carboxylic acids is 1. The maximum atomic E-state index is 12.4. The SMILES string of the molecule is COCC1CCN(S(=O)(=O)Cc2cccc(C(=O)O)c2)C1. The molecule has 1 saturated heterocycles. The molecule has 0 aliphatic carbocycles. The number of benzene rings is 1. The van der Waals surface area contributed by atoms with Crippen LogP contribution in [0.5, 0.6) is 0 Å². The highest BCUT2D eigenvalue weighted by Crippen LogP contribution is 2.22. The van der Waals surface area contributed by atoms with E-state index in [4.69, 9.17) is 9.84 Å². The number of carboxylic acid groups (broad SMARTS) is 1. The maximum absolute atomic E-state index is 12.4. The van der Waals surface area contributed by atoms with Crippen LogP contribution in [0.1, 0.15) is 22.3 Å². The number of rotatable bonds is 6. The molecule has 0 saturated carbocycles. The maximum Gasteiger partial charge on any atom is 0.335 e. The molecule has 21 heavy (non-hydrogen) atoms. The van der Waals surface area contributed by atoms with Crippen molar-refractivity contribution in [3.63, 3.8) is 0 Å². The quantitative estimate of drug-likeness (QED) is 0.852. The van der Waals surface area contributed by atoms with Gasteiger partial charge in [0.1, 0.15) is 0 Å². The topological polar surface area (TPSA) is 83.9 Å². The molecule has 2 rings (SSSR count). The second-order valence-electron chi connectivity index (χ2n) is 5.23. The zero-order valence-electron chi connectivity index (χ0n) is 11.9. The van der Waals surface area contributed by atoms with Crippen molar-refractivity contribution >= 4 is 16.0 Å². The van der Waals surface area contributed by atoms with Crippen molar-refractivity contribution in [2.45, 2.75) is 12.2 Å². The van der Waals surface area contributed by atoms with E-state index in [-0.39, 0.29) is 17.2 Å². The van der Waals surface area contributed by atoms with E-state index in [1.54, 1.807) is 19.2 Å². The van der Waals surface area contributed by atoms with Gasteiger partial charge in [-0.1, -0.05) is 12.1 Å². The van der Waals surface area contributed by atoms with Gasteiger partial charge in [-0.05, 0) is 30.0 Å². The normalized spacial score (nSPS) is 19.8. The average Bonchev–Trinajstić information content (AvgIpc) is 2.88. The van der Waals surface area contributed by atoms with Crippen LogP contribution in [-0.4, -0.2) is 50.6 Å². The van der Waals surface area contributed by atoms with Crippen LogP contribution in [0.3, 0.4) is 0 Å². The largest absolute Gasteiger partial charge is 0.478 e. The summed E-state index contributed by atoms with van der Waals surface area (Å²) < 4.78 is 31.3. The third kappa shape index (κ3) is 4.03. The van der Waals surface area contributed by atoms with Gasteiger partial charge in [0.15, 0.2) is 0 Å². The number of methoxy groups -OCH3 is 1. The number of hydrogen-bond acceptors (Lipinski definition) is 4. The third-order valence-electron chi connectivity index (χ3n) is 3.57. The molecule has 116 valence electrons. The molecular formula is C14H19NO5S. The molecule has 7 heteroatoms. The molecule has 1 N–H and O–H groups in total. The number of nitrogens with zero attached hydrogens (tertiary/aromatic N) is 1. The van der Waals surface area contributed by atoms with Gasteiger partial charge >= 0.3 is 5.97 Å². The van der Waals surface area contributed by atoms with E-state index in [0.717, 1.165) is 6.42 Å². The van der Waals surface area contributed by atoms with Crippen molar-refractivity contribution in [1.82, 2.24) is 4.31 Å². The van der Waals surface area contributed by atoms with Crippen molar-refractivity contribution < 1.29 is 23.1 Å². The number of ether oxygens (including phenoxy) is 1. The van der Waals surface area contributed by atoms with Gasteiger partial charge in [0.25, 0.3) is 0 Å². The minimum atomic E-state index is -3.42. The summed E-state index contributed by atoms with van der Waals surface area (Å²) in [7, 11) is -1.82. The second-order valence-corrected chi connectivity index (χ2v) is 7.20. The predicted molar refractivity (Wildman–Crippen MR) is 77.6 cm³/mol. The van der Waals surface area contributed by atoms with Crippen LogP contribution in [-0.2, 0) is 20.5 Å². The standard InChI is InChI=1S/C14H19NO5S/c1-20-9-12-5-6-15(8-12)21(18,19)10-11-3-2-4-13(7-11)14(16)17/h2-4,7,12H,5-6,8-10H2,1H3,(H,16,17). The summed E-state index contributed by atoms with van der Waals surface area (Å²) in [4.78, 5) is 10.9. The van der Waals surface area contributed by atoms with Crippen molar-refractivity contribution in [1.29, 1.82) is 0 Å². The highest BCUT2D eigenvalue weighted by molar-refractivity contribution is 7.88. The summed E-state index contributed by atoms with van der Waals surface area (Å²) in [5.74, 6) is -1.00. The van der Waals surface area contributed by atoms with E-state index in [1.165, 1.54) is 16.4 Å². The Kier molecular flexibility index (Phi) is 4.97. The van der Waals surface area contributed by atoms with Gasteiger partial charge in [-0.2, -0.15) is 0 Å². The van der Waals surface area contributed by atoms with Crippen LogP contribution in [0.4, 0.5) is 0 Å². The molecular weight excluding hydrogens is 294 g/mol. The molecule has 1 atom stereocenters. The lowest BCUT2D eigenvalue weighted by atomic mass is 10.1. The third-order valence-corrected chi connectivity index (χ3v) is 5.38. The minimum absolute atomic E-state index is 0.0985. The number of carbonyl (C=O) groups is 1. The first-order valence-electron chi connectivity index (χ1n) is 6.71. The fourth-order valence-electron chi connectivity index (χ4n) is 2.52. The van der Waals surface area contributed by atoms with Gasteiger partial charge in [-0.3, -0.25) is 0 Å². The van der Waals surface area contributed by atoms with Gasteiger partial charge in [0, 0.05) is 20.2 Å². The van der Waals surface area contributed by atoms with E-state index in [1.807, 2.05) is 0 Å². The first-order chi connectivity index (χ1) is 9.92. The number of sulfonamides is 1. The summed E-state index contributed by atoms with van der Waals surface area (Å²) in [5, 5.41) is 8.94. The van der Waals surface area contributed by atoms with Gasteiger partial charge in [0.05, 0.1) is 17.9 Å². The van der Waals surface area contributed by atoms with E-state index in [9.17, 15) is 13.2 Å². The van der Waals surface area contributed by atoms with Gasteiger partial charge in [0.2, 0.25) is 10.0 Å². The summed E-state index contributed by atoms with van der Waals surface area (Å²) >= 11 is 0. The van der Waals surface area contributed by atoms with Crippen LogP contribution in [0.15, 0.2) is 24.3 Å². The monoisotopic (exact) mass is 313 g/mol. The average molecular weight is 313 g/mol. The zero-order valence-corrected chi connectivity index (χ0v) is 12.7. The van der Waals surface area contributed by atoms with Gasteiger partial charge in [-0.15, -0.1) is 0 Å². The number of carboxylic acids is 1. The molecule has 0 aromatic heterocycles. The molecule has 0 amide bonds. The summed E-state index contributed by atoms with van der Waals surface area (Å²) in [5.41, 5.74) is 0.589. The Morgan fingerprint density at radius 3 is 2.90 bits per heavy atom. The Morgan fingerprint density at radius 2 is 2.24 bits per heavy atom. The molecule has 1 aromatic rings.